The van der Waals surface area contributed by atoms with Crippen LogP contribution in [0.3, 0.4) is 0 Å². The molecule has 2 N–H and O–H groups in total. The molecule has 122 valence electrons. The predicted octanol–water partition coefficient (Wildman–Crippen LogP) is 2.67. The summed E-state index contributed by atoms with van der Waals surface area (Å²) in [4.78, 5) is 14.7. The van der Waals surface area contributed by atoms with Crippen molar-refractivity contribution in [2.45, 2.75) is 39.2 Å². The van der Waals surface area contributed by atoms with Gasteiger partial charge in [-0.1, -0.05) is 30.3 Å². The summed E-state index contributed by atoms with van der Waals surface area (Å²) in [5.74, 6) is 0.0394. The molecular weight excluding hydrogens is 288 g/mol. The number of nitrogens with one attached hydrogen (secondary N) is 2. The number of hydrogen-bond donors (Lipinski definition) is 2. The van der Waals surface area contributed by atoms with Gasteiger partial charge in [-0.05, 0) is 45.2 Å². The average Bonchev–Trinajstić information content (AvgIpc) is 3.10. The molecule has 0 aliphatic carbocycles. The lowest BCUT2D eigenvalue weighted by Crippen LogP contribution is -2.38. The van der Waals surface area contributed by atoms with Crippen molar-refractivity contribution < 1.29 is 4.79 Å². The van der Waals surface area contributed by atoms with Crippen LogP contribution in [-0.4, -0.2) is 40.1 Å². The number of benzene rings is 1. The second-order valence-electron chi connectivity index (χ2n) is 6.31. The van der Waals surface area contributed by atoms with Gasteiger partial charge in [-0.25, -0.2) is 0 Å². The third-order valence-electron chi connectivity index (χ3n) is 4.55. The number of carbonyl (C=O) groups is 1. The van der Waals surface area contributed by atoms with Crippen LogP contribution >= 0.6 is 0 Å². The van der Waals surface area contributed by atoms with Gasteiger partial charge in [0, 0.05) is 6.04 Å². The van der Waals surface area contributed by atoms with Gasteiger partial charge in [0.25, 0.3) is 0 Å². The summed E-state index contributed by atoms with van der Waals surface area (Å²) in [6.45, 7) is 5.26. The Labute approximate surface area is 137 Å². The molecule has 1 fully saturated rings. The molecule has 1 saturated heterocycles. The molecule has 2 heterocycles. The molecule has 1 aromatic carbocycles. The Balaban J connectivity index is 1.59. The van der Waals surface area contributed by atoms with Crippen molar-refractivity contribution >= 4 is 11.6 Å². The number of H-pyrrole nitrogens is 1. The molecule has 0 unspecified atom stereocenters. The lowest BCUT2D eigenvalue weighted by molar-refractivity contribution is -0.117. The second-order valence-corrected chi connectivity index (χ2v) is 6.31. The summed E-state index contributed by atoms with van der Waals surface area (Å²) in [5.41, 5.74) is 3.89. The molecule has 5 heteroatoms. The fourth-order valence-electron chi connectivity index (χ4n) is 3.32. The van der Waals surface area contributed by atoms with Gasteiger partial charge in [-0.2, -0.15) is 5.10 Å². The van der Waals surface area contributed by atoms with E-state index in [1.807, 2.05) is 19.9 Å². The first-order valence-corrected chi connectivity index (χ1v) is 8.23. The molecule has 1 aromatic heterocycles. The first kappa shape index (κ1) is 15.7. The number of carbonyl (C=O) groups excluding carboxylic acids is 1. The standard InChI is InChI=1S/C18H24N4O/c1-13-18(14(2)21-20-13)19-17(23)12-22-10-6-9-16(22)11-15-7-4-3-5-8-15/h3-5,7-8,16H,6,9-12H2,1-2H3,(H,19,23)(H,20,21)/t16-/m0/s1. The summed E-state index contributed by atoms with van der Waals surface area (Å²) in [5, 5.41) is 10.0. The fraction of sp³-hybridized carbons (Fsp3) is 0.444. The molecule has 1 amide bonds. The van der Waals surface area contributed by atoms with Crippen molar-refractivity contribution in [3.8, 4) is 0 Å². The zero-order valence-corrected chi connectivity index (χ0v) is 13.8. The number of rotatable bonds is 5. The van der Waals surface area contributed by atoms with Crippen molar-refractivity contribution in [2.24, 2.45) is 0 Å². The van der Waals surface area contributed by atoms with E-state index in [0.29, 0.717) is 12.6 Å². The molecule has 0 bridgehead atoms. The van der Waals surface area contributed by atoms with Crippen molar-refractivity contribution in [3.05, 3.63) is 47.3 Å². The Kier molecular flexibility index (Phi) is 4.76. The van der Waals surface area contributed by atoms with Crippen molar-refractivity contribution in [1.29, 1.82) is 0 Å². The van der Waals surface area contributed by atoms with E-state index >= 15 is 0 Å². The van der Waals surface area contributed by atoms with Crippen LogP contribution in [0.25, 0.3) is 0 Å². The Morgan fingerprint density at radius 3 is 2.83 bits per heavy atom. The van der Waals surface area contributed by atoms with Crippen LogP contribution < -0.4 is 5.32 Å². The molecule has 1 aliphatic rings. The molecule has 1 atom stereocenters. The third-order valence-corrected chi connectivity index (χ3v) is 4.55. The molecule has 0 radical (unpaired) electrons. The van der Waals surface area contributed by atoms with Crippen LogP contribution in [-0.2, 0) is 11.2 Å². The van der Waals surface area contributed by atoms with Gasteiger partial charge < -0.3 is 5.32 Å². The summed E-state index contributed by atoms with van der Waals surface area (Å²) in [6.07, 6.45) is 3.33. The molecular formula is C18H24N4O. The van der Waals surface area contributed by atoms with Crippen LogP contribution in [0.5, 0.6) is 0 Å². The monoisotopic (exact) mass is 312 g/mol. The molecule has 0 spiro atoms. The average molecular weight is 312 g/mol. The Morgan fingerprint density at radius 2 is 2.13 bits per heavy atom. The minimum Gasteiger partial charge on any atom is -0.322 e. The van der Waals surface area contributed by atoms with Gasteiger partial charge in [-0.15, -0.1) is 0 Å². The summed E-state index contributed by atoms with van der Waals surface area (Å²) in [7, 11) is 0. The lowest BCUT2D eigenvalue weighted by atomic mass is 10.0. The molecule has 3 rings (SSSR count). The zero-order valence-electron chi connectivity index (χ0n) is 13.8. The van der Waals surface area contributed by atoms with Gasteiger partial charge in [0.05, 0.1) is 23.6 Å². The van der Waals surface area contributed by atoms with E-state index < -0.39 is 0 Å². The predicted molar refractivity (Wildman–Crippen MR) is 91.4 cm³/mol. The molecule has 2 aromatic rings. The number of nitrogens with zero attached hydrogens (tertiary/aromatic N) is 2. The van der Waals surface area contributed by atoms with E-state index in [0.717, 1.165) is 42.9 Å². The molecule has 0 saturated carbocycles. The highest BCUT2D eigenvalue weighted by atomic mass is 16.2. The van der Waals surface area contributed by atoms with Gasteiger partial charge in [0.1, 0.15) is 0 Å². The molecule has 5 nitrogen and oxygen atoms in total. The minimum atomic E-state index is 0.0394. The van der Waals surface area contributed by atoms with E-state index in [9.17, 15) is 4.79 Å². The van der Waals surface area contributed by atoms with E-state index in [4.69, 9.17) is 0 Å². The Bertz CT molecular complexity index is 645. The summed E-state index contributed by atoms with van der Waals surface area (Å²) < 4.78 is 0. The van der Waals surface area contributed by atoms with Gasteiger partial charge in [-0.3, -0.25) is 14.8 Å². The highest BCUT2D eigenvalue weighted by Gasteiger charge is 2.26. The normalized spacial score (nSPS) is 18.3. The largest absolute Gasteiger partial charge is 0.322 e. The fourth-order valence-corrected chi connectivity index (χ4v) is 3.32. The van der Waals surface area contributed by atoms with Crippen LogP contribution in [0.2, 0.25) is 0 Å². The Morgan fingerprint density at radius 1 is 1.35 bits per heavy atom. The van der Waals surface area contributed by atoms with E-state index in [2.05, 4.69) is 44.7 Å². The maximum absolute atomic E-state index is 12.4. The first-order valence-electron chi connectivity index (χ1n) is 8.23. The maximum Gasteiger partial charge on any atom is 0.238 e. The number of aryl methyl sites for hydroxylation is 2. The van der Waals surface area contributed by atoms with Crippen molar-refractivity contribution in [3.63, 3.8) is 0 Å². The van der Waals surface area contributed by atoms with Gasteiger partial charge in [0.2, 0.25) is 5.91 Å². The summed E-state index contributed by atoms with van der Waals surface area (Å²) >= 11 is 0. The first-order chi connectivity index (χ1) is 11.1. The zero-order chi connectivity index (χ0) is 16.2. The highest BCUT2D eigenvalue weighted by molar-refractivity contribution is 5.93. The van der Waals surface area contributed by atoms with E-state index in [1.165, 1.54) is 5.56 Å². The quantitative estimate of drug-likeness (QED) is 0.892. The SMILES string of the molecule is Cc1n[nH]c(C)c1NC(=O)CN1CCC[C@H]1Cc1ccccc1. The third kappa shape index (κ3) is 3.79. The number of aromatic nitrogens is 2. The lowest BCUT2D eigenvalue weighted by Gasteiger charge is -2.24. The number of hydrogen-bond acceptors (Lipinski definition) is 3. The van der Waals surface area contributed by atoms with E-state index in [1.54, 1.807) is 0 Å². The minimum absolute atomic E-state index is 0.0394. The highest BCUT2D eigenvalue weighted by Crippen LogP contribution is 2.21. The van der Waals surface area contributed by atoms with Gasteiger partial charge in [0.15, 0.2) is 0 Å². The van der Waals surface area contributed by atoms with Crippen molar-refractivity contribution in [1.82, 2.24) is 15.1 Å². The van der Waals surface area contributed by atoms with Crippen LogP contribution in [0.4, 0.5) is 5.69 Å². The molecule has 23 heavy (non-hydrogen) atoms. The smallest absolute Gasteiger partial charge is 0.238 e. The topological polar surface area (TPSA) is 61.0 Å². The maximum atomic E-state index is 12.4. The number of amides is 1. The van der Waals surface area contributed by atoms with Crippen molar-refractivity contribution in [2.75, 3.05) is 18.4 Å². The number of likely N-dealkylation sites (tertiary alicyclic amines) is 1. The second kappa shape index (κ2) is 6.96. The number of aromatic amines is 1. The van der Waals surface area contributed by atoms with Crippen LogP contribution in [0, 0.1) is 13.8 Å². The van der Waals surface area contributed by atoms with Gasteiger partial charge >= 0.3 is 0 Å². The summed E-state index contributed by atoms with van der Waals surface area (Å²) in [6, 6.07) is 11.0. The molecule has 1 aliphatic heterocycles. The number of anilines is 1. The van der Waals surface area contributed by atoms with Crippen LogP contribution in [0.1, 0.15) is 29.8 Å². The van der Waals surface area contributed by atoms with E-state index in [-0.39, 0.29) is 5.91 Å². The Hall–Kier alpha value is -2.14. The van der Waals surface area contributed by atoms with Crippen LogP contribution in [0.15, 0.2) is 30.3 Å².